The van der Waals surface area contributed by atoms with Crippen LogP contribution in [0.3, 0.4) is 0 Å². The van der Waals surface area contributed by atoms with Crippen molar-refractivity contribution < 1.29 is 4.74 Å². The number of ether oxygens (including phenoxy) is 1. The maximum absolute atomic E-state index is 6.29. The predicted octanol–water partition coefficient (Wildman–Crippen LogP) is 2.24. The summed E-state index contributed by atoms with van der Waals surface area (Å²) in [4.78, 5) is 2.38. The van der Waals surface area contributed by atoms with E-state index in [9.17, 15) is 0 Å². The number of aryl methyl sites for hydroxylation is 1. The highest BCUT2D eigenvalue weighted by atomic mass is 35.5. The van der Waals surface area contributed by atoms with Gasteiger partial charge >= 0.3 is 0 Å². The fourth-order valence-corrected chi connectivity index (χ4v) is 2.79. The Morgan fingerprint density at radius 1 is 1.53 bits per heavy atom. The molecule has 19 heavy (non-hydrogen) atoms. The first-order valence-electron chi connectivity index (χ1n) is 6.94. The number of halogens is 1. The predicted molar refractivity (Wildman–Crippen MR) is 79.7 cm³/mol. The molecule has 106 valence electrons. The molecule has 0 saturated carbocycles. The Balaban J connectivity index is 1.98. The van der Waals surface area contributed by atoms with Crippen LogP contribution in [0.4, 0.5) is 0 Å². The quantitative estimate of drug-likeness (QED) is 0.920. The second-order valence-electron chi connectivity index (χ2n) is 5.27. The molecule has 0 radical (unpaired) electrons. The summed E-state index contributed by atoms with van der Waals surface area (Å²) in [5.41, 5.74) is 8.58. The maximum Gasteiger partial charge on any atom is 0.0856 e. The number of hydrogen-bond donors (Lipinski definition) is 1. The van der Waals surface area contributed by atoms with Crippen molar-refractivity contribution in [1.29, 1.82) is 0 Å². The molecule has 3 nitrogen and oxygen atoms in total. The maximum atomic E-state index is 6.29. The van der Waals surface area contributed by atoms with Crippen molar-refractivity contribution >= 4 is 11.6 Å². The number of benzene rings is 1. The average molecular weight is 283 g/mol. The molecule has 1 fully saturated rings. The summed E-state index contributed by atoms with van der Waals surface area (Å²) >= 11 is 6.26. The molecule has 0 spiro atoms. The van der Waals surface area contributed by atoms with Crippen molar-refractivity contribution in [2.75, 3.05) is 26.2 Å². The lowest BCUT2D eigenvalue weighted by Crippen LogP contribution is -2.51. The van der Waals surface area contributed by atoms with Crippen molar-refractivity contribution in [3.8, 4) is 0 Å². The molecule has 1 saturated heterocycles. The van der Waals surface area contributed by atoms with E-state index in [-0.39, 0.29) is 12.1 Å². The van der Waals surface area contributed by atoms with Crippen molar-refractivity contribution in [2.24, 2.45) is 5.73 Å². The number of rotatable bonds is 4. The normalized spacial score (nSPS) is 22.4. The Kier molecular flexibility index (Phi) is 5.22. The lowest BCUT2D eigenvalue weighted by atomic mass is 10.00. The average Bonchev–Trinajstić information content (AvgIpc) is 2.42. The third kappa shape index (κ3) is 3.93. The number of likely N-dealkylation sites (N-methyl/N-ethyl adjacent to an activating group) is 1. The zero-order valence-electron chi connectivity index (χ0n) is 11.7. The van der Waals surface area contributed by atoms with E-state index >= 15 is 0 Å². The Bertz CT molecular complexity index is 425. The molecule has 0 aromatic heterocycles. The van der Waals surface area contributed by atoms with Gasteiger partial charge in [0.2, 0.25) is 0 Å². The van der Waals surface area contributed by atoms with Crippen LogP contribution < -0.4 is 5.73 Å². The molecule has 1 aliphatic heterocycles. The minimum atomic E-state index is -0.00504. The van der Waals surface area contributed by atoms with Crippen molar-refractivity contribution in [3.05, 3.63) is 34.3 Å². The van der Waals surface area contributed by atoms with Gasteiger partial charge in [0, 0.05) is 24.2 Å². The number of morpholine rings is 1. The van der Waals surface area contributed by atoms with Crippen molar-refractivity contribution in [1.82, 2.24) is 4.90 Å². The fraction of sp³-hybridized carbons (Fsp3) is 0.600. The molecule has 4 heteroatoms. The van der Waals surface area contributed by atoms with Gasteiger partial charge in [-0.3, -0.25) is 4.90 Å². The molecule has 0 amide bonds. The van der Waals surface area contributed by atoms with Crippen molar-refractivity contribution in [3.63, 3.8) is 0 Å². The van der Waals surface area contributed by atoms with Crippen LogP contribution in [0.15, 0.2) is 18.2 Å². The number of hydrogen-bond acceptors (Lipinski definition) is 3. The summed E-state index contributed by atoms with van der Waals surface area (Å²) in [6.45, 7) is 7.96. The van der Waals surface area contributed by atoms with Crippen molar-refractivity contribution in [2.45, 2.75) is 32.4 Å². The van der Waals surface area contributed by atoms with Gasteiger partial charge in [0.05, 0.1) is 12.7 Å². The lowest BCUT2D eigenvalue weighted by molar-refractivity contribution is -0.0385. The van der Waals surface area contributed by atoms with Crippen LogP contribution in [-0.4, -0.2) is 43.3 Å². The largest absolute Gasteiger partial charge is 0.374 e. The van der Waals surface area contributed by atoms with E-state index in [1.54, 1.807) is 0 Å². The van der Waals surface area contributed by atoms with E-state index in [0.717, 1.165) is 43.2 Å². The highest BCUT2D eigenvalue weighted by Gasteiger charge is 2.25. The van der Waals surface area contributed by atoms with E-state index in [1.165, 1.54) is 5.56 Å². The number of nitrogens with zero attached hydrogens (tertiary/aromatic N) is 1. The van der Waals surface area contributed by atoms with E-state index in [0.29, 0.717) is 0 Å². The third-order valence-corrected chi connectivity index (χ3v) is 4.12. The Hall–Kier alpha value is -0.610. The zero-order valence-corrected chi connectivity index (χ0v) is 12.5. The SMILES string of the molecule is CCN1CCOC(C(N)Cc2ccc(C)cc2Cl)C1. The van der Waals surface area contributed by atoms with Gasteiger partial charge in [0.1, 0.15) is 0 Å². The van der Waals surface area contributed by atoms with Crippen LogP contribution in [0, 0.1) is 6.92 Å². The molecule has 2 rings (SSSR count). The van der Waals surface area contributed by atoms with Crippen LogP contribution in [0.25, 0.3) is 0 Å². The van der Waals surface area contributed by atoms with Gasteiger partial charge in [0.15, 0.2) is 0 Å². The standard InChI is InChI=1S/C15H23ClN2O/c1-3-18-6-7-19-15(10-18)14(17)9-12-5-4-11(2)8-13(12)16/h4-5,8,14-15H,3,6-7,9-10,17H2,1-2H3. The summed E-state index contributed by atoms with van der Waals surface area (Å²) in [5.74, 6) is 0. The van der Waals surface area contributed by atoms with E-state index in [4.69, 9.17) is 22.1 Å². The molecular weight excluding hydrogens is 260 g/mol. The van der Waals surface area contributed by atoms with Gasteiger partial charge < -0.3 is 10.5 Å². The van der Waals surface area contributed by atoms with E-state index in [2.05, 4.69) is 24.0 Å². The Labute approximate surface area is 120 Å². The van der Waals surface area contributed by atoms with Crippen LogP contribution in [-0.2, 0) is 11.2 Å². The third-order valence-electron chi connectivity index (χ3n) is 3.77. The van der Waals surface area contributed by atoms with Crippen LogP contribution in [0.1, 0.15) is 18.1 Å². The highest BCUT2D eigenvalue weighted by Crippen LogP contribution is 2.20. The summed E-state index contributed by atoms with van der Waals surface area (Å²) in [6, 6.07) is 6.13. The molecule has 0 aliphatic carbocycles. The smallest absolute Gasteiger partial charge is 0.0856 e. The monoisotopic (exact) mass is 282 g/mol. The summed E-state index contributed by atoms with van der Waals surface area (Å²) in [7, 11) is 0. The van der Waals surface area contributed by atoms with Gasteiger partial charge in [-0.25, -0.2) is 0 Å². The fourth-order valence-electron chi connectivity index (χ4n) is 2.48. The topological polar surface area (TPSA) is 38.5 Å². The summed E-state index contributed by atoms with van der Waals surface area (Å²) in [5, 5.41) is 0.804. The second kappa shape index (κ2) is 6.71. The van der Waals surface area contributed by atoms with Crippen LogP contribution >= 0.6 is 11.6 Å². The molecular formula is C15H23ClN2O. The molecule has 0 bridgehead atoms. The molecule has 1 aliphatic rings. The molecule has 2 N–H and O–H groups in total. The van der Waals surface area contributed by atoms with Gasteiger partial charge in [-0.1, -0.05) is 30.7 Å². The Morgan fingerprint density at radius 3 is 3.00 bits per heavy atom. The molecule has 2 unspecified atom stereocenters. The summed E-state index contributed by atoms with van der Waals surface area (Å²) < 4.78 is 5.80. The Morgan fingerprint density at radius 2 is 2.32 bits per heavy atom. The molecule has 1 heterocycles. The molecule has 1 aromatic rings. The summed E-state index contributed by atoms with van der Waals surface area (Å²) in [6.07, 6.45) is 0.868. The zero-order chi connectivity index (χ0) is 13.8. The van der Waals surface area contributed by atoms with E-state index < -0.39 is 0 Å². The van der Waals surface area contributed by atoms with E-state index in [1.807, 2.05) is 13.0 Å². The number of nitrogens with two attached hydrogens (primary N) is 1. The first-order chi connectivity index (χ1) is 9.10. The van der Waals surface area contributed by atoms with Gasteiger partial charge in [0.25, 0.3) is 0 Å². The van der Waals surface area contributed by atoms with Gasteiger partial charge in [-0.2, -0.15) is 0 Å². The van der Waals surface area contributed by atoms with Gasteiger partial charge in [-0.15, -0.1) is 0 Å². The van der Waals surface area contributed by atoms with Gasteiger partial charge in [-0.05, 0) is 37.1 Å². The van der Waals surface area contributed by atoms with Crippen LogP contribution in [0.2, 0.25) is 5.02 Å². The van der Waals surface area contributed by atoms with Crippen LogP contribution in [0.5, 0.6) is 0 Å². The lowest BCUT2D eigenvalue weighted by Gasteiger charge is -2.35. The first kappa shape index (κ1) is 14.8. The first-order valence-corrected chi connectivity index (χ1v) is 7.32. The molecule has 1 aromatic carbocycles. The highest BCUT2D eigenvalue weighted by molar-refractivity contribution is 6.31. The second-order valence-corrected chi connectivity index (χ2v) is 5.67. The molecule has 2 atom stereocenters. The minimum absolute atomic E-state index is 0.00504. The minimum Gasteiger partial charge on any atom is -0.374 e.